The van der Waals surface area contributed by atoms with Gasteiger partial charge in [-0.05, 0) is 50.8 Å². The Kier molecular flexibility index (Phi) is 8.83. The predicted octanol–water partition coefficient (Wildman–Crippen LogP) is 4.46. The molecule has 0 aliphatic rings. The molecule has 0 saturated heterocycles. The molecule has 0 aliphatic heterocycles. The second-order valence-electron chi connectivity index (χ2n) is 9.60. The number of Topliss-reactive ketones (excluding diaryl/α,β-unsaturated/α-hetero) is 1. The number of rotatable bonds is 11. The lowest BCUT2D eigenvalue weighted by molar-refractivity contribution is -0.136. The Balaban J connectivity index is 1.71. The molecule has 4 aromatic rings. The van der Waals surface area contributed by atoms with Crippen LogP contribution in [0.5, 0.6) is 0 Å². The number of anilines is 1. The molecule has 40 heavy (non-hydrogen) atoms. The topological polar surface area (TPSA) is 127 Å². The molecule has 1 aromatic carbocycles. The van der Waals surface area contributed by atoms with E-state index in [4.69, 9.17) is 10.7 Å². The van der Waals surface area contributed by atoms with Gasteiger partial charge in [-0.15, -0.1) is 0 Å². The summed E-state index contributed by atoms with van der Waals surface area (Å²) in [4.78, 5) is 35.8. The fraction of sp³-hybridized carbons (Fsp3) is 0.345. The van der Waals surface area contributed by atoms with E-state index in [9.17, 15) is 23.5 Å². The van der Waals surface area contributed by atoms with E-state index in [0.717, 1.165) is 12.5 Å². The van der Waals surface area contributed by atoms with E-state index in [2.05, 4.69) is 10.1 Å². The molecule has 11 heteroatoms. The SMILES string of the molecule is CCCN(C(=O)CO)[C@H](CC)CCc1nc2c(-c3ccc(-c4cc(F)cc(F)c4)nc3)cnn2c(N)c1C(C)=O. The number of aryl methyl sites for hydroxylation is 1. The summed E-state index contributed by atoms with van der Waals surface area (Å²) in [6.45, 7) is 5.31. The van der Waals surface area contributed by atoms with Gasteiger partial charge in [0.15, 0.2) is 11.4 Å². The fourth-order valence-corrected chi connectivity index (χ4v) is 4.98. The average molecular weight is 551 g/mol. The lowest BCUT2D eigenvalue weighted by Crippen LogP contribution is -2.42. The molecule has 1 amide bonds. The minimum absolute atomic E-state index is 0.146. The maximum absolute atomic E-state index is 13.7. The summed E-state index contributed by atoms with van der Waals surface area (Å²) in [5.41, 5.74) is 9.57. The molecule has 0 spiro atoms. The summed E-state index contributed by atoms with van der Waals surface area (Å²) in [5.74, 6) is -1.82. The molecular formula is C29H32F2N6O3. The zero-order valence-electron chi connectivity index (χ0n) is 22.7. The highest BCUT2D eigenvalue weighted by Crippen LogP contribution is 2.30. The van der Waals surface area contributed by atoms with Crippen LogP contribution < -0.4 is 5.73 Å². The van der Waals surface area contributed by atoms with Crippen molar-refractivity contribution >= 4 is 23.2 Å². The Morgan fingerprint density at radius 3 is 2.40 bits per heavy atom. The van der Waals surface area contributed by atoms with Crippen molar-refractivity contribution in [3.8, 4) is 22.4 Å². The maximum atomic E-state index is 13.7. The van der Waals surface area contributed by atoms with Gasteiger partial charge in [0.2, 0.25) is 5.91 Å². The number of halogens is 2. The van der Waals surface area contributed by atoms with Gasteiger partial charge in [0.25, 0.3) is 0 Å². The standard InChI is InChI=1S/C29H32F2N6O3/c1-4-10-36(26(40)16-38)22(5-2)7-9-25-27(17(3)39)28(32)37-29(35-25)23(15-34-37)18-6-8-24(33-14-18)19-11-20(30)13-21(31)12-19/h6,8,11-15,22,38H,4-5,7,9-10,16,32H2,1-3H3/t22-/m1/s1. The van der Waals surface area contributed by atoms with E-state index < -0.39 is 18.2 Å². The van der Waals surface area contributed by atoms with Gasteiger partial charge in [-0.2, -0.15) is 9.61 Å². The minimum Gasteiger partial charge on any atom is -0.387 e. The summed E-state index contributed by atoms with van der Waals surface area (Å²) in [7, 11) is 0. The molecule has 3 aromatic heterocycles. The van der Waals surface area contributed by atoms with Gasteiger partial charge in [0.05, 0.1) is 23.1 Å². The van der Waals surface area contributed by atoms with Crippen molar-refractivity contribution in [2.75, 3.05) is 18.9 Å². The van der Waals surface area contributed by atoms with E-state index in [1.165, 1.54) is 23.6 Å². The van der Waals surface area contributed by atoms with Gasteiger partial charge < -0.3 is 15.7 Å². The average Bonchev–Trinajstić information content (AvgIpc) is 3.36. The number of nitrogens with two attached hydrogens (primary N) is 1. The number of nitrogens with zero attached hydrogens (tertiary/aromatic N) is 5. The quantitative estimate of drug-likeness (QED) is 0.264. The Labute approximate surface area is 230 Å². The van der Waals surface area contributed by atoms with Crippen LogP contribution in [0.25, 0.3) is 28.0 Å². The lowest BCUT2D eigenvalue weighted by atomic mass is 10.0. The number of carbonyl (C=O) groups excluding carboxylic acids is 2. The molecule has 4 rings (SSSR count). The molecular weight excluding hydrogens is 518 g/mol. The lowest BCUT2D eigenvalue weighted by Gasteiger charge is -2.30. The molecule has 0 radical (unpaired) electrons. The number of aliphatic hydroxyl groups excluding tert-OH is 1. The molecule has 0 saturated carbocycles. The van der Waals surface area contributed by atoms with Crippen molar-refractivity contribution in [1.29, 1.82) is 0 Å². The second-order valence-corrected chi connectivity index (χ2v) is 9.60. The summed E-state index contributed by atoms with van der Waals surface area (Å²) < 4.78 is 28.8. The number of amides is 1. The van der Waals surface area contributed by atoms with Gasteiger partial charge in [0, 0.05) is 41.5 Å². The first-order valence-corrected chi connectivity index (χ1v) is 13.2. The van der Waals surface area contributed by atoms with Crippen molar-refractivity contribution in [1.82, 2.24) is 24.5 Å². The third-order valence-electron chi connectivity index (χ3n) is 6.89. The van der Waals surface area contributed by atoms with E-state index in [-0.39, 0.29) is 29.1 Å². The molecule has 3 N–H and O–H groups in total. The van der Waals surface area contributed by atoms with Gasteiger partial charge in [-0.1, -0.05) is 19.9 Å². The van der Waals surface area contributed by atoms with Crippen LogP contribution in [0.1, 0.15) is 56.1 Å². The number of aromatic nitrogens is 4. The third kappa shape index (κ3) is 5.84. The van der Waals surface area contributed by atoms with Crippen molar-refractivity contribution in [3.63, 3.8) is 0 Å². The van der Waals surface area contributed by atoms with Gasteiger partial charge in [-0.25, -0.2) is 13.8 Å². The molecule has 210 valence electrons. The summed E-state index contributed by atoms with van der Waals surface area (Å²) in [6.07, 6.45) is 5.45. The fourth-order valence-electron chi connectivity index (χ4n) is 4.98. The first-order valence-electron chi connectivity index (χ1n) is 13.2. The Bertz CT molecular complexity index is 1520. The number of ketones is 1. The zero-order chi connectivity index (χ0) is 29.0. The molecule has 1 atom stereocenters. The number of pyridine rings is 1. The highest BCUT2D eigenvalue weighted by molar-refractivity contribution is 6.00. The number of benzene rings is 1. The van der Waals surface area contributed by atoms with Crippen LogP contribution in [0.15, 0.2) is 42.7 Å². The highest BCUT2D eigenvalue weighted by Gasteiger charge is 2.24. The predicted molar refractivity (Wildman–Crippen MR) is 147 cm³/mol. The van der Waals surface area contributed by atoms with Crippen LogP contribution >= 0.6 is 0 Å². The van der Waals surface area contributed by atoms with E-state index in [1.807, 2.05) is 13.8 Å². The Morgan fingerprint density at radius 2 is 1.82 bits per heavy atom. The van der Waals surface area contributed by atoms with Crippen molar-refractivity contribution < 1.29 is 23.5 Å². The number of nitrogen functional groups attached to an aromatic ring is 1. The van der Waals surface area contributed by atoms with E-state index >= 15 is 0 Å². The summed E-state index contributed by atoms with van der Waals surface area (Å²) in [6, 6.07) is 6.46. The van der Waals surface area contributed by atoms with Gasteiger partial charge >= 0.3 is 0 Å². The number of carbonyl (C=O) groups is 2. The van der Waals surface area contributed by atoms with Crippen molar-refractivity contribution in [3.05, 3.63) is 65.6 Å². The summed E-state index contributed by atoms with van der Waals surface area (Å²) >= 11 is 0. The summed E-state index contributed by atoms with van der Waals surface area (Å²) in [5, 5.41) is 13.8. The first kappa shape index (κ1) is 28.8. The van der Waals surface area contributed by atoms with E-state index in [0.29, 0.717) is 59.5 Å². The van der Waals surface area contributed by atoms with Crippen LogP contribution in [0, 0.1) is 11.6 Å². The highest BCUT2D eigenvalue weighted by atomic mass is 19.1. The number of hydrogen-bond donors (Lipinski definition) is 2. The maximum Gasteiger partial charge on any atom is 0.248 e. The molecule has 0 aliphatic carbocycles. The Hall–Kier alpha value is -4.25. The van der Waals surface area contributed by atoms with E-state index in [1.54, 1.807) is 29.4 Å². The monoisotopic (exact) mass is 550 g/mol. The molecule has 3 heterocycles. The molecule has 0 fully saturated rings. The van der Waals surface area contributed by atoms with Crippen LogP contribution in [-0.4, -0.2) is 60.5 Å². The molecule has 0 unspecified atom stereocenters. The van der Waals surface area contributed by atoms with Crippen LogP contribution in [-0.2, 0) is 11.2 Å². The van der Waals surface area contributed by atoms with Crippen LogP contribution in [0.4, 0.5) is 14.6 Å². The third-order valence-corrected chi connectivity index (χ3v) is 6.89. The number of aliphatic hydroxyl groups is 1. The molecule has 9 nitrogen and oxygen atoms in total. The van der Waals surface area contributed by atoms with Crippen molar-refractivity contribution in [2.45, 2.75) is 52.5 Å². The van der Waals surface area contributed by atoms with Crippen molar-refractivity contribution in [2.24, 2.45) is 0 Å². The number of fused-ring (bicyclic) bond motifs is 1. The smallest absolute Gasteiger partial charge is 0.248 e. The second kappa shape index (κ2) is 12.3. The van der Waals surface area contributed by atoms with Crippen LogP contribution in [0.3, 0.4) is 0 Å². The van der Waals surface area contributed by atoms with Crippen LogP contribution in [0.2, 0.25) is 0 Å². The van der Waals surface area contributed by atoms with Gasteiger partial charge in [-0.3, -0.25) is 14.6 Å². The van der Waals surface area contributed by atoms with Gasteiger partial charge in [0.1, 0.15) is 24.1 Å². The largest absolute Gasteiger partial charge is 0.387 e. The molecule has 0 bridgehead atoms. The first-order chi connectivity index (χ1) is 19.2. The minimum atomic E-state index is -0.694. The number of hydrogen-bond acceptors (Lipinski definition) is 7. The normalized spacial score (nSPS) is 12.1. The zero-order valence-corrected chi connectivity index (χ0v) is 22.7. The Morgan fingerprint density at radius 1 is 1.10 bits per heavy atom.